The third kappa shape index (κ3) is 24.3. The first kappa shape index (κ1) is 36.8. The predicted molar refractivity (Wildman–Crippen MR) is 140 cm³/mol. The van der Waals surface area contributed by atoms with E-state index in [1.54, 1.807) is 0 Å². The minimum atomic E-state index is -0.984. The maximum atomic E-state index is 11.9. The molecule has 0 fully saturated rings. The monoisotopic (exact) mass is 513 g/mol. The predicted octanol–water partition coefficient (Wildman–Crippen LogP) is 2.82. The zero-order valence-electron chi connectivity index (χ0n) is 23.1. The molecule has 0 saturated heterocycles. The summed E-state index contributed by atoms with van der Waals surface area (Å²) in [6.45, 7) is 4.38. The number of rotatable bonds is 20. The third-order valence-electron chi connectivity index (χ3n) is 5.91. The molecule has 1 unspecified atom stereocenters. The largest absolute Gasteiger partial charge is 1.00 e. The minimum Gasteiger partial charge on any atom is -0.550 e. The molecule has 0 bridgehead atoms. The Kier molecular flexibility index (Phi) is 27.3. The molecule has 0 heterocycles. The molecule has 1 atom stereocenters. The second kappa shape index (κ2) is 26.7. The van der Waals surface area contributed by atoms with Gasteiger partial charge in [-0.05, 0) is 24.8 Å². The first-order valence-electron chi connectivity index (χ1n) is 13.7. The number of carbonyl (C=O) groups is 3. The Balaban J connectivity index is 0. The molecule has 6 nitrogen and oxygen atoms in total. The molecule has 2 N–H and O–H groups in total. The minimum absolute atomic E-state index is 0. The molecule has 0 aromatic heterocycles. The van der Waals surface area contributed by atoms with Gasteiger partial charge >= 0.3 is 35.5 Å². The van der Waals surface area contributed by atoms with E-state index < -0.39 is 18.0 Å². The zero-order chi connectivity index (χ0) is 26.2. The molecule has 1 rings (SSSR count). The van der Waals surface area contributed by atoms with E-state index in [0.717, 1.165) is 37.7 Å². The Hall–Kier alpha value is -1.37. The number of amides is 1. The first-order chi connectivity index (χ1) is 16.9. The van der Waals surface area contributed by atoms with Crippen LogP contribution in [-0.4, -0.2) is 29.0 Å². The van der Waals surface area contributed by atoms with Gasteiger partial charge in [-0.3, -0.25) is 4.79 Å². The van der Waals surface area contributed by atoms with Crippen LogP contribution in [0.25, 0.3) is 0 Å². The van der Waals surface area contributed by atoms with Crippen molar-refractivity contribution in [1.29, 1.82) is 0 Å². The molecule has 0 spiro atoms. The Labute approximate surface area is 241 Å². The van der Waals surface area contributed by atoms with Gasteiger partial charge in [0.25, 0.3) is 0 Å². The van der Waals surface area contributed by atoms with Crippen LogP contribution in [0.1, 0.15) is 122 Å². The van der Waals surface area contributed by atoms with Crippen molar-refractivity contribution in [2.45, 2.75) is 129 Å². The van der Waals surface area contributed by atoms with Crippen LogP contribution in [0.2, 0.25) is 0 Å². The van der Waals surface area contributed by atoms with Gasteiger partial charge in [0.05, 0.1) is 0 Å². The standard InChI is InChI=1S/C19H29NO3.C10H20O2.Na/c1-2-3-4-5-6-7-11-14-18(21)20-17(19(22)23)15-16-12-9-8-10-13-16;1-2-3-4-5-6-7-8-9-10(11)12;/h8-10,12-13,17H,2-7,11,14-15H2,1H3,(H,20,21)(H,22,23);2-9H2,1H3,(H,11,12);/q;;+1/p-1. The number of carboxylic acid groups (broad SMARTS) is 2. The van der Waals surface area contributed by atoms with Gasteiger partial charge < -0.3 is 20.3 Å². The van der Waals surface area contributed by atoms with E-state index in [-0.39, 0.29) is 41.9 Å². The summed E-state index contributed by atoms with van der Waals surface area (Å²) in [5.74, 6) is -2.06. The van der Waals surface area contributed by atoms with Crippen LogP contribution >= 0.6 is 0 Å². The Morgan fingerprint density at radius 3 is 1.64 bits per heavy atom. The van der Waals surface area contributed by atoms with Crippen molar-refractivity contribution in [3.05, 3.63) is 35.9 Å². The Morgan fingerprint density at radius 1 is 0.750 bits per heavy atom. The number of carbonyl (C=O) groups excluding carboxylic acids is 2. The molecule has 36 heavy (non-hydrogen) atoms. The summed E-state index contributed by atoms with van der Waals surface area (Å²) in [5.41, 5.74) is 0.913. The van der Waals surface area contributed by atoms with Crippen LogP contribution in [0.15, 0.2) is 30.3 Å². The summed E-state index contributed by atoms with van der Waals surface area (Å²) in [5, 5.41) is 21.9. The molecule has 0 aliphatic heterocycles. The average molecular weight is 514 g/mol. The topological polar surface area (TPSA) is 107 Å². The van der Waals surface area contributed by atoms with E-state index in [0.29, 0.717) is 12.8 Å². The summed E-state index contributed by atoms with van der Waals surface area (Å²) < 4.78 is 0. The van der Waals surface area contributed by atoms with E-state index >= 15 is 0 Å². The summed E-state index contributed by atoms with van der Waals surface area (Å²) in [4.78, 5) is 33.2. The molecule has 0 aliphatic rings. The molecule has 200 valence electrons. The van der Waals surface area contributed by atoms with Gasteiger partial charge in [0, 0.05) is 18.8 Å². The van der Waals surface area contributed by atoms with E-state index in [1.165, 1.54) is 57.8 Å². The first-order valence-corrected chi connectivity index (χ1v) is 13.7. The van der Waals surface area contributed by atoms with Gasteiger partial charge in [0.2, 0.25) is 5.91 Å². The maximum absolute atomic E-state index is 11.9. The van der Waals surface area contributed by atoms with Crippen molar-refractivity contribution in [3.63, 3.8) is 0 Å². The molecular formula is C29H48NNaO5. The van der Waals surface area contributed by atoms with Crippen LogP contribution in [0, 0.1) is 0 Å². The zero-order valence-corrected chi connectivity index (χ0v) is 25.1. The van der Waals surface area contributed by atoms with E-state index in [1.807, 2.05) is 30.3 Å². The van der Waals surface area contributed by atoms with Crippen molar-refractivity contribution in [3.8, 4) is 0 Å². The van der Waals surface area contributed by atoms with Crippen molar-refractivity contribution < 1.29 is 54.2 Å². The van der Waals surface area contributed by atoms with Crippen LogP contribution in [0.5, 0.6) is 0 Å². The van der Waals surface area contributed by atoms with Crippen LogP contribution in [-0.2, 0) is 20.8 Å². The number of carboxylic acids is 2. The molecule has 0 saturated carbocycles. The number of hydrogen-bond donors (Lipinski definition) is 2. The third-order valence-corrected chi connectivity index (χ3v) is 5.91. The number of unbranched alkanes of at least 4 members (excludes halogenated alkanes) is 12. The van der Waals surface area contributed by atoms with Crippen LogP contribution in [0.3, 0.4) is 0 Å². The summed E-state index contributed by atoms with van der Waals surface area (Å²) in [7, 11) is 0. The fourth-order valence-corrected chi connectivity index (χ4v) is 3.79. The molecule has 1 aromatic rings. The van der Waals surface area contributed by atoms with Gasteiger partial charge in [0.1, 0.15) is 6.04 Å². The average Bonchev–Trinajstić information content (AvgIpc) is 2.83. The molecule has 1 amide bonds. The number of aliphatic carboxylic acids is 2. The second-order valence-electron chi connectivity index (χ2n) is 9.26. The van der Waals surface area contributed by atoms with E-state index in [4.69, 9.17) is 0 Å². The van der Waals surface area contributed by atoms with Crippen LogP contribution < -0.4 is 40.0 Å². The van der Waals surface area contributed by atoms with Gasteiger partial charge in [0.15, 0.2) is 0 Å². The SMILES string of the molecule is CCCCCCCCCC(=O)NC(Cc1ccccc1)C(=O)O.CCCCCCCCCC(=O)[O-].[Na+]. The maximum Gasteiger partial charge on any atom is 1.00 e. The van der Waals surface area contributed by atoms with Crippen molar-refractivity contribution in [2.24, 2.45) is 0 Å². The second-order valence-corrected chi connectivity index (χ2v) is 9.26. The Bertz CT molecular complexity index is 669. The molecule has 1 aromatic carbocycles. The molecular weight excluding hydrogens is 465 g/mol. The Morgan fingerprint density at radius 2 is 1.19 bits per heavy atom. The normalized spacial score (nSPS) is 10.9. The van der Waals surface area contributed by atoms with E-state index in [2.05, 4.69) is 19.2 Å². The number of benzene rings is 1. The van der Waals surface area contributed by atoms with Crippen molar-refractivity contribution in [2.75, 3.05) is 0 Å². The van der Waals surface area contributed by atoms with Crippen molar-refractivity contribution >= 4 is 17.8 Å². The summed E-state index contributed by atoms with van der Waals surface area (Å²) in [6, 6.07) is 8.52. The fraction of sp³-hybridized carbons (Fsp3) is 0.690. The van der Waals surface area contributed by atoms with Gasteiger partial charge in [-0.2, -0.15) is 0 Å². The molecule has 0 radical (unpaired) electrons. The van der Waals surface area contributed by atoms with Crippen LogP contribution in [0.4, 0.5) is 0 Å². The van der Waals surface area contributed by atoms with Gasteiger partial charge in [-0.25, -0.2) is 4.79 Å². The summed E-state index contributed by atoms with van der Waals surface area (Å²) in [6.07, 6.45) is 17.1. The van der Waals surface area contributed by atoms with Gasteiger partial charge in [-0.15, -0.1) is 0 Å². The van der Waals surface area contributed by atoms with Gasteiger partial charge in [-0.1, -0.05) is 121 Å². The van der Waals surface area contributed by atoms with E-state index in [9.17, 15) is 24.6 Å². The number of nitrogens with one attached hydrogen (secondary N) is 1. The smallest absolute Gasteiger partial charge is 0.550 e. The molecule has 0 aliphatic carbocycles. The number of hydrogen-bond acceptors (Lipinski definition) is 4. The van der Waals surface area contributed by atoms with Crippen molar-refractivity contribution in [1.82, 2.24) is 5.32 Å². The molecule has 7 heteroatoms. The summed E-state index contributed by atoms with van der Waals surface area (Å²) >= 11 is 0. The fourth-order valence-electron chi connectivity index (χ4n) is 3.79. The quantitative estimate of drug-likeness (QED) is 0.206.